The van der Waals surface area contributed by atoms with E-state index in [2.05, 4.69) is 15.9 Å². The zero-order chi connectivity index (χ0) is 9.14. The van der Waals surface area contributed by atoms with Crippen LogP contribution in [0.4, 0.5) is 4.39 Å². The van der Waals surface area contributed by atoms with Gasteiger partial charge in [0.1, 0.15) is 6.67 Å². The van der Waals surface area contributed by atoms with Gasteiger partial charge in [0.15, 0.2) is 0 Å². The number of hydrogen-bond donors (Lipinski definition) is 1. The Morgan fingerprint density at radius 1 is 1.58 bits per heavy atom. The number of hydrogen-bond acceptors (Lipinski definition) is 1. The SMILES string of the molecule is N[C@@H](CF)c1ccc(Cl)c(Br)c1. The van der Waals surface area contributed by atoms with Crippen molar-refractivity contribution in [1.29, 1.82) is 0 Å². The van der Waals surface area contributed by atoms with Crippen LogP contribution in [0.2, 0.25) is 5.02 Å². The molecular weight excluding hydrogens is 244 g/mol. The lowest BCUT2D eigenvalue weighted by atomic mass is 10.1. The Balaban J connectivity index is 2.96. The first-order chi connectivity index (χ1) is 5.65. The molecule has 0 radical (unpaired) electrons. The second kappa shape index (κ2) is 4.21. The van der Waals surface area contributed by atoms with Crippen molar-refractivity contribution in [1.82, 2.24) is 0 Å². The second-order valence-electron chi connectivity index (χ2n) is 2.43. The Kier molecular flexibility index (Phi) is 3.50. The molecule has 1 atom stereocenters. The molecule has 0 fully saturated rings. The summed E-state index contributed by atoms with van der Waals surface area (Å²) in [7, 11) is 0. The molecule has 2 N–H and O–H groups in total. The molecule has 0 saturated carbocycles. The van der Waals surface area contributed by atoms with E-state index in [1.165, 1.54) is 0 Å². The van der Waals surface area contributed by atoms with Crippen LogP contribution in [0.3, 0.4) is 0 Å². The molecule has 0 aliphatic carbocycles. The van der Waals surface area contributed by atoms with E-state index in [-0.39, 0.29) is 0 Å². The molecule has 0 saturated heterocycles. The molecule has 0 aliphatic heterocycles. The molecule has 12 heavy (non-hydrogen) atoms. The van der Waals surface area contributed by atoms with Crippen LogP contribution in [0, 0.1) is 0 Å². The molecule has 1 aromatic carbocycles. The highest BCUT2D eigenvalue weighted by Crippen LogP contribution is 2.25. The number of nitrogens with two attached hydrogens (primary N) is 1. The van der Waals surface area contributed by atoms with Gasteiger partial charge in [-0.1, -0.05) is 17.7 Å². The summed E-state index contributed by atoms with van der Waals surface area (Å²) in [5, 5.41) is 0.602. The minimum atomic E-state index is -0.561. The van der Waals surface area contributed by atoms with Crippen molar-refractivity contribution >= 4 is 27.5 Å². The lowest BCUT2D eigenvalue weighted by Gasteiger charge is -2.07. The van der Waals surface area contributed by atoms with Gasteiger partial charge in [-0.15, -0.1) is 0 Å². The molecule has 0 spiro atoms. The van der Waals surface area contributed by atoms with E-state index < -0.39 is 12.7 Å². The van der Waals surface area contributed by atoms with Crippen molar-refractivity contribution in [2.75, 3.05) is 6.67 Å². The zero-order valence-electron chi connectivity index (χ0n) is 6.23. The lowest BCUT2D eigenvalue weighted by Crippen LogP contribution is -2.11. The summed E-state index contributed by atoms with van der Waals surface area (Å²) in [4.78, 5) is 0. The first-order valence-corrected chi connectivity index (χ1v) is 4.58. The Morgan fingerprint density at radius 3 is 2.75 bits per heavy atom. The van der Waals surface area contributed by atoms with E-state index >= 15 is 0 Å². The summed E-state index contributed by atoms with van der Waals surface area (Å²) in [6.07, 6.45) is 0. The van der Waals surface area contributed by atoms with Crippen molar-refractivity contribution in [2.24, 2.45) is 5.73 Å². The fourth-order valence-electron chi connectivity index (χ4n) is 0.832. The van der Waals surface area contributed by atoms with Crippen molar-refractivity contribution in [3.8, 4) is 0 Å². The number of rotatable bonds is 2. The largest absolute Gasteiger partial charge is 0.322 e. The molecular formula is C8H8BrClFN. The van der Waals surface area contributed by atoms with Crippen LogP contribution in [0.25, 0.3) is 0 Å². The van der Waals surface area contributed by atoms with Crippen LogP contribution >= 0.6 is 27.5 Å². The Hall–Kier alpha value is -0.120. The highest BCUT2D eigenvalue weighted by Gasteiger charge is 2.06. The molecule has 66 valence electrons. The van der Waals surface area contributed by atoms with Crippen LogP contribution in [0.5, 0.6) is 0 Å². The number of halogens is 3. The Morgan fingerprint density at radius 2 is 2.25 bits per heavy atom. The minimum Gasteiger partial charge on any atom is -0.322 e. The van der Waals surface area contributed by atoms with Crippen LogP contribution in [-0.2, 0) is 0 Å². The zero-order valence-corrected chi connectivity index (χ0v) is 8.57. The highest BCUT2D eigenvalue weighted by atomic mass is 79.9. The molecule has 1 rings (SSSR count). The van der Waals surface area contributed by atoms with Gasteiger partial charge in [0.2, 0.25) is 0 Å². The van der Waals surface area contributed by atoms with Gasteiger partial charge in [-0.25, -0.2) is 4.39 Å². The second-order valence-corrected chi connectivity index (χ2v) is 3.70. The van der Waals surface area contributed by atoms with Gasteiger partial charge in [0.05, 0.1) is 11.1 Å². The predicted octanol–water partition coefficient (Wildman–Crippen LogP) is 3.07. The van der Waals surface area contributed by atoms with Crippen LogP contribution in [0.15, 0.2) is 22.7 Å². The van der Waals surface area contributed by atoms with Crippen LogP contribution in [-0.4, -0.2) is 6.67 Å². The minimum absolute atomic E-state index is 0.557. The van der Waals surface area contributed by atoms with E-state index in [9.17, 15) is 4.39 Å². The predicted molar refractivity (Wildman–Crippen MR) is 52.1 cm³/mol. The fraction of sp³-hybridized carbons (Fsp3) is 0.250. The number of alkyl halides is 1. The van der Waals surface area contributed by atoms with Gasteiger partial charge in [-0.2, -0.15) is 0 Å². The molecule has 0 heterocycles. The normalized spacial score (nSPS) is 13.0. The average Bonchev–Trinajstić information content (AvgIpc) is 2.08. The standard InChI is InChI=1S/C8H8BrClFN/c9-6-3-5(8(12)4-11)1-2-7(6)10/h1-3,8H,4,12H2/t8-/m0/s1. The Labute approximate surface area is 83.8 Å². The van der Waals surface area contributed by atoms with E-state index in [1.807, 2.05) is 0 Å². The maximum atomic E-state index is 12.1. The van der Waals surface area contributed by atoms with Gasteiger partial charge in [0, 0.05) is 4.47 Å². The van der Waals surface area contributed by atoms with Gasteiger partial charge in [-0.3, -0.25) is 0 Å². The molecule has 0 aromatic heterocycles. The van der Waals surface area contributed by atoms with E-state index in [0.29, 0.717) is 5.02 Å². The smallest absolute Gasteiger partial charge is 0.109 e. The fourth-order valence-corrected chi connectivity index (χ4v) is 1.35. The summed E-state index contributed by atoms with van der Waals surface area (Å²) in [5.74, 6) is 0. The van der Waals surface area contributed by atoms with Crippen molar-refractivity contribution in [3.05, 3.63) is 33.3 Å². The maximum absolute atomic E-state index is 12.1. The van der Waals surface area contributed by atoms with Crippen molar-refractivity contribution in [3.63, 3.8) is 0 Å². The highest BCUT2D eigenvalue weighted by molar-refractivity contribution is 9.10. The van der Waals surface area contributed by atoms with Crippen LogP contribution in [0.1, 0.15) is 11.6 Å². The summed E-state index contributed by atoms with van der Waals surface area (Å²) in [6, 6.07) is 4.58. The van der Waals surface area contributed by atoms with Gasteiger partial charge in [0.25, 0.3) is 0 Å². The van der Waals surface area contributed by atoms with Crippen molar-refractivity contribution < 1.29 is 4.39 Å². The summed E-state index contributed by atoms with van der Waals surface area (Å²) >= 11 is 8.98. The quantitative estimate of drug-likeness (QED) is 0.860. The third-order valence-corrected chi connectivity index (χ3v) is 2.75. The van der Waals surface area contributed by atoms with E-state index in [4.69, 9.17) is 17.3 Å². The molecule has 0 bridgehead atoms. The third kappa shape index (κ3) is 2.19. The van der Waals surface area contributed by atoms with Gasteiger partial charge >= 0.3 is 0 Å². The average molecular weight is 253 g/mol. The van der Waals surface area contributed by atoms with Crippen molar-refractivity contribution in [2.45, 2.75) is 6.04 Å². The lowest BCUT2D eigenvalue weighted by molar-refractivity contribution is 0.437. The maximum Gasteiger partial charge on any atom is 0.109 e. The van der Waals surface area contributed by atoms with Gasteiger partial charge in [-0.05, 0) is 33.6 Å². The van der Waals surface area contributed by atoms with Gasteiger partial charge < -0.3 is 5.73 Å². The van der Waals surface area contributed by atoms with E-state index in [0.717, 1.165) is 10.0 Å². The Bertz CT molecular complexity index is 280. The molecule has 0 unspecified atom stereocenters. The van der Waals surface area contributed by atoms with E-state index in [1.54, 1.807) is 18.2 Å². The summed E-state index contributed by atoms with van der Waals surface area (Å²) in [6.45, 7) is -0.561. The van der Waals surface area contributed by atoms with Crippen LogP contribution < -0.4 is 5.73 Å². The number of benzene rings is 1. The summed E-state index contributed by atoms with van der Waals surface area (Å²) < 4.78 is 12.9. The molecule has 4 heteroatoms. The summed E-state index contributed by atoms with van der Waals surface area (Å²) in [5.41, 5.74) is 6.22. The molecule has 1 aromatic rings. The third-order valence-electron chi connectivity index (χ3n) is 1.54. The molecule has 0 aliphatic rings. The first-order valence-electron chi connectivity index (χ1n) is 3.41. The molecule has 1 nitrogen and oxygen atoms in total. The molecule has 0 amide bonds. The topological polar surface area (TPSA) is 26.0 Å². The monoisotopic (exact) mass is 251 g/mol. The first kappa shape index (κ1) is 9.96.